The highest BCUT2D eigenvalue weighted by atomic mass is 32.1. The molecule has 24 heavy (non-hydrogen) atoms. The first-order chi connectivity index (χ1) is 11.5. The van der Waals surface area contributed by atoms with Gasteiger partial charge in [-0.05, 0) is 55.9 Å². The SMILES string of the molecule is CC(CCc1ccco1)NC(=O)c1ccc2c(=O)[nH]c(=S)[nH]c2c1. The molecule has 0 bridgehead atoms. The Hall–Kier alpha value is -2.67. The summed E-state index contributed by atoms with van der Waals surface area (Å²) in [5.74, 6) is 0.706. The number of hydrogen-bond donors (Lipinski definition) is 3. The van der Waals surface area contributed by atoms with E-state index in [4.69, 9.17) is 16.6 Å². The van der Waals surface area contributed by atoms with Gasteiger partial charge in [0.05, 0.1) is 17.2 Å². The van der Waals surface area contributed by atoms with Gasteiger partial charge >= 0.3 is 0 Å². The van der Waals surface area contributed by atoms with Gasteiger partial charge in [0.25, 0.3) is 11.5 Å². The number of aromatic nitrogens is 2. The Morgan fingerprint density at radius 1 is 1.33 bits per heavy atom. The summed E-state index contributed by atoms with van der Waals surface area (Å²) in [7, 11) is 0. The number of aryl methyl sites for hydroxylation is 1. The van der Waals surface area contributed by atoms with Gasteiger partial charge in [-0.15, -0.1) is 0 Å². The molecule has 0 radical (unpaired) electrons. The van der Waals surface area contributed by atoms with Crippen LogP contribution in [-0.2, 0) is 6.42 Å². The van der Waals surface area contributed by atoms with E-state index in [1.54, 1.807) is 24.5 Å². The maximum absolute atomic E-state index is 12.4. The average Bonchev–Trinajstić information content (AvgIpc) is 3.05. The van der Waals surface area contributed by atoms with E-state index in [1.165, 1.54) is 0 Å². The van der Waals surface area contributed by atoms with E-state index in [9.17, 15) is 9.59 Å². The highest BCUT2D eigenvalue weighted by molar-refractivity contribution is 7.71. The molecule has 1 aromatic carbocycles. The molecule has 3 N–H and O–H groups in total. The van der Waals surface area contributed by atoms with Crippen LogP contribution in [0, 0.1) is 4.77 Å². The first-order valence-corrected chi connectivity index (χ1v) is 8.03. The van der Waals surface area contributed by atoms with Gasteiger partial charge in [-0.25, -0.2) is 0 Å². The third-order valence-corrected chi connectivity index (χ3v) is 3.99. The highest BCUT2D eigenvalue weighted by Gasteiger charge is 2.12. The van der Waals surface area contributed by atoms with Crippen LogP contribution >= 0.6 is 12.2 Å². The van der Waals surface area contributed by atoms with Crippen molar-refractivity contribution in [2.45, 2.75) is 25.8 Å². The van der Waals surface area contributed by atoms with Crippen LogP contribution in [0.15, 0.2) is 45.8 Å². The molecule has 2 aromatic heterocycles. The van der Waals surface area contributed by atoms with E-state index in [2.05, 4.69) is 15.3 Å². The number of aromatic amines is 2. The number of carbonyl (C=O) groups excluding carboxylic acids is 1. The van der Waals surface area contributed by atoms with Crippen molar-refractivity contribution in [3.05, 3.63) is 63.0 Å². The van der Waals surface area contributed by atoms with Gasteiger partial charge in [-0.1, -0.05) is 0 Å². The summed E-state index contributed by atoms with van der Waals surface area (Å²) in [4.78, 5) is 29.6. The minimum atomic E-state index is -0.271. The predicted molar refractivity (Wildman–Crippen MR) is 93.7 cm³/mol. The van der Waals surface area contributed by atoms with Gasteiger partial charge in [-0.3, -0.25) is 14.6 Å². The molecular weight excluding hydrogens is 326 g/mol. The van der Waals surface area contributed by atoms with Crippen molar-refractivity contribution in [1.82, 2.24) is 15.3 Å². The lowest BCUT2D eigenvalue weighted by Gasteiger charge is -2.13. The second kappa shape index (κ2) is 6.84. The maximum atomic E-state index is 12.4. The van der Waals surface area contributed by atoms with Gasteiger partial charge in [0.2, 0.25) is 0 Å². The molecule has 7 heteroatoms. The standard InChI is InChI=1S/C17H17N3O3S/c1-10(4-6-12-3-2-8-23-12)18-15(21)11-5-7-13-14(9-11)19-17(24)20-16(13)22/h2-3,5,7-10H,4,6H2,1H3,(H,18,21)(H2,19,20,22,24). The predicted octanol–water partition coefficient (Wildman–Crippen LogP) is 2.93. The molecule has 0 saturated heterocycles. The van der Waals surface area contributed by atoms with Crippen LogP contribution in [0.5, 0.6) is 0 Å². The van der Waals surface area contributed by atoms with Gasteiger partial charge in [-0.2, -0.15) is 0 Å². The monoisotopic (exact) mass is 343 g/mol. The maximum Gasteiger partial charge on any atom is 0.259 e. The normalized spacial score (nSPS) is 12.2. The fraction of sp³-hybridized carbons (Fsp3) is 0.235. The summed E-state index contributed by atoms with van der Waals surface area (Å²) < 4.78 is 5.52. The van der Waals surface area contributed by atoms with Crippen LogP contribution in [0.25, 0.3) is 10.9 Å². The Kier molecular flexibility index (Phi) is 4.61. The molecule has 0 aliphatic heterocycles. The summed E-state index contributed by atoms with van der Waals surface area (Å²) in [5, 5.41) is 3.41. The summed E-state index contributed by atoms with van der Waals surface area (Å²) in [6.07, 6.45) is 3.17. The second-order valence-corrected chi connectivity index (χ2v) is 6.07. The van der Waals surface area contributed by atoms with Crippen molar-refractivity contribution in [3.8, 4) is 0 Å². The number of H-pyrrole nitrogens is 2. The minimum absolute atomic E-state index is 0.00373. The van der Waals surface area contributed by atoms with E-state index in [0.29, 0.717) is 16.5 Å². The van der Waals surface area contributed by atoms with Crippen molar-refractivity contribution < 1.29 is 9.21 Å². The van der Waals surface area contributed by atoms with E-state index in [-0.39, 0.29) is 22.3 Å². The number of furan rings is 1. The molecule has 3 rings (SSSR count). The number of amides is 1. The third kappa shape index (κ3) is 3.62. The van der Waals surface area contributed by atoms with Crippen LogP contribution < -0.4 is 10.9 Å². The summed E-state index contributed by atoms with van der Waals surface area (Å²) in [6.45, 7) is 1.94. The second-order valence-electron chi connectivity index (χ2n) is 5.66. The molecule has 0 aliphatic rings. The average molecular weight is 343 g/mol. The highest BCUT2D eigenvalue weighted by Crippen LogP contribution is 2.11. The molecule has 1 atom stereocenters. The number of nitrogens with one attached hydrogen (secondary N) is 3. The van der Waals surface area contributed by atoms with Gasteiger partial charge in [0.1, 0.15) is 5.76 Å². The lowest BCUT2D eigenvalue weighted by Crippen LogP contribution is -2.32. The molecular formula is C17H17N3O3S. The zero-order valence-electron chi connectivity index (χ0n) is 13.1. The lowest BCUT2D eigenvalue weighted by molar-refractivity contribution is 0.0938. The van der Waals surface area contributed by atoms with Crippen molar-refractivity contribution in [1.29, 1.82) is 0 Å². The van der Waals surface area contributed by atoms with Crippen LogP contribution in [-0.4, -0.2) is 21.9 Å². The number of rotatable bonds is 5. The Bertz CT molecular complexity index is 973. The molecule has 1 amide bonds. The van der Waals surface area contributed by atoms with E-state index in [1.807, 2.05) is 19.1 Å². The summed E-state index contributed by atoms with van der Waals surface area (Å²) in [5.41, 5.74) is 0.746. The Balaban J connectivity index is 1.71. The zero-order chi connectivity index (χ0) is 17.1. The fourth-order valence-electron chi connectivity index (χ4n) is 2.50. The minimum Gasteiger partial charge on any atom is -0.469 e. The Morgan fingerprint density at radius 2 is 2.17 bits per heavy atom. The zero-order valence-corrected chi connectivity index (χ0v) is 13.9. The largest absolute Gasteiger partial charge is 0.469 e. The Morgan fingerprint density at radius 3 is 2.92 bits per heavy atom. The van der Waals surface area contributed by atoms with Crippen molar-refractivity contribution >= 4 is 29.0 Å². The molecule has 0 spiro atoms. The third-order valence-electron chi connectivity index (χ3n) is 3.78. The summed E-state index contributed by atoms with van der Waals surface area (Å²) in [6, 6.07) is 8.63. The van der Waals surface area contributed by atoms with Gasteiger partial charge in [0, 0.05) is 18.0 Å². The van der Waals surface area contributed by atoms with E-state index < -0.39 is 0 Å². The van der Waals surface area contributed by atoms with Gasteiger partial charge in [0.15, 0.2) is 4.77 Å². The topological polar surface area (TPSA) is 90.9 Å². The number of carbonyl (C=O) groups is 1. The summed E-state index contributed by atoms with van der Waals surface area (Å²) >= 11 is 4.96. The quantitative estimate of drug-likeness (QED) is 0.621. The van der Waals surface area contributed by atoms with Crippen LogP contribution in [0.2, 0.25) is 0 Å². The van der Waals surface area contributed by atoms with Crippen molar-refractivity contribution in [2.24, 2.45) is 0 Å². The van der Waals surface area contributed by atoms with E-state index >= 15 is 0 Å². The molecule has 2 heterocycles. The molecule has 0 saturated carbocycles. The number of benzene rings is 1. The van der Waals surface area contributed by atoms with Crippen LogP contribution in [0.4, 0.5) is 0 Å². The molecule has 3 aromatic rings. The first kappa shape index (κ1) is 16.2. The molecule has 124 valence electrons. The van der Waals surface area contributed by atoms with Crippen LogP contribution in [0.3, 0.4) is 0 Å². The van der Waals surface area contributed by atoms with Crippen molar-refractivity contribution in [2.75, 3.05) is 0 Å². The molecule has 6 nitrogen and oxygen atoms in total. The molecule has 1 unspecified atom stereocenters. The molecule has 0 aliphatic carbocycles. The fourth-order valence-corrected chi connectivity index (χ4v) is 2.71. The van der Waals surface area contributed by atoms with Gasteiger partial charge < -0.3 is 14.7 Å². The first-order valence-electron chi connectivity index (χ1n) is 7.62. The van der Waals surface area contributed by atoms with Crippen molar-refractivity contribution in [3.63, 3.8) is 0 Å². The lowest BCUT2D eigenvalue weighted by atomic mass is 10.1. The number of hydrogen-bond acceptors (Lipinski definition) is 4. The smallest absolute Gasteiger partial charge is 0.259 e. The van der Waals surface area contributed by atoms with Crippen LogP contribution in [0.1, 0.15) is 29.5 Å². The Labute approximate surface area is 142 Å². The molecule has 0 fully saturated rings. The van der Waals surface area contributed by atoms with E-state index in [0.717, 1.165) is 18.6 Å². The number of fused-ring (bicyclic) bond motifs is 1.